The monoisotopic (exact) mass is 307 g/mol. The minimum absolute atomic E-state index is 0.0700. The van der Waals surface area contributed by atoms with Crippen LogP contribution >= 0.6 is 11.6 Å². The van der Waals surface area contributed by atoms with Crippen molar-refractivity contribution in [1.82, 2.24) is 10.2 Å². The average Bonchev–Trinajstić information content (AvgIpc) is 2.48. The van der Waals surface area contributed by atoms with Crippen molar-refractivity contribution in [3.63, 3.8) is 0 Å². The summed E-state index contributed by atoms with van der Waals surface area (Å²) in [6.45, 7) is 0.889. The summed E-state index contributed by atoms with van der Waals surface area (Å²) in [6, 6.07) is 5.69. The first-order chi connectivity index (χ1) is 10.1. The van der Waals surface area contributed by atoms with Gasteiger partial charge in [-0.1, -0.05) is 11.6 Å². The summed E-state index contributed by atoms with van der Waals surface area (Å²) in [5.74, 6) is 0.548. The van der Waals surface area contributed by atoms with Gasteiger partial charge in [0.15, 0.2) is 11.5 Å². The molecule has 2 N–H and O–H groups in total. The molecule has 0 saturated carbocycles. The fourth-order valence-corrected chi connectivity index (χ4v) is 2.02. The fraction of sp³-hybridized carbons (Fsp3) is 0.154. The van der Waals surface area contributed by atoms with Crippen LogP contribution in [-0.4, -0.2) is 29.3 Å². The molecule has 0 saturated heterocycles. The zero-order chi connectivity index (χ0) is 14.8. The maximum atomic E-state index is 12.0. The van der Waals surface area contributed by atoms with Gasteiger partial charge in [0.1, 0.15) is 18.9 Å². The van der Waals surface area contributed by atoms with Gasteiger partial charge in [-0.2, -0.15) is 5.10 Å². The van der Waals surface area contributed by atoms with Crippen molar-refractivity contribution in [1.29, 1.82) is 0 Å². The Kier molecular flexibility index (Phi) is 3.49. The Morgan fingerprint density at radius 2 is 1.95 bits per heavy atom. The van der Waals surface area contributed by atoms with Gasteiger partial charge < -0.3 is 14.8 Å². The molecule has 0 atom stereocenters. The third-order valence-corrected chi connectivity index (χ3v) is 3.10. The number of hydrogen-bond donors (Lipinski definition) is 2. The van der Waals surface area contributed by atoms with Gasteiger partial charge in [0.25, 0.3) is 11.5 Å². The van der Waals surface area contributed by atoms with Crippen LogP contribution in [0.3, 0.4) is 0 Å². The molecule has 0 unspecified atom stereocenters. The van der Waals surface area contributed by atoms with Crippen molar-refractivity contribution in [2.75, 3.05) is 18.5 Å². The van der Waals surface area contributed by atoms with Crippen LogP contribution in [0.2, 0.25) is 5.02 Å². The topological polar surface area (TPSA) is 93.3 Å². The number of aromatic nitrogens is 2. The van der Waals surface area contributed by atoms with Crippen molar-refractivity contribution in [2.45, 2.75) is 0 Å². The molecule has 8 heteroatoms. The van der Waals surface area contributed by atoms with Gasteiger partial charge in [-0.25, -0.2) is 5.10 Å². The summed E-state index contributed by atoms with van der Waals surface area (Å²) >= 11 is 6.09. The van der Waals surface area contributed by atoms with Crippen molar-refractivity contribution >= 4 is 23.2 Å². The molecular formula is C13H10ClN3O4. The lowest BCUT2D eigenvalue weighted by molar-refractivity contribution is 0.102. The Morgan fingerprint density at radius 1 is 1.24 bits per heavy atom. The third kappa shape index (κ3) is 2.82. The largest absolute Gasteiger partial charge is 0.486 e. The molecular weight excluding hydrogens is 298 g/mol. The highest BCUT2D eigenvalue weighted by Gasteiger charge is 2.17. The Labute approximate surface area is 123 Å². The van der Waals surface area contributed by atoms with Gasteiger partial charge in [0.05, 0.1) is 10.7 Å². The molecule has 21 heavy (non-hydrogen) atoms. The summed E-state index contributed by atoms with van der Waals surface area (Å²) in [5.41, 5.74) is 0.0587. The van der Waals surface area contributed by atoms with E-state index in [1.54, 1.807) is 12.1 Å². The number of nitrogens with zero attached hydrogens (tertiary/aromatic N) is 1. The molecule has 0 bridgehead atoms. The highest BCUT2D eigenvalue weighted by molar-refractivity contribution is 6.34. The van der Waals surface area contributed by atoms with Crippen molar-refractivity contribution in [2.24, 2.45) is 0 Å². The molecule has 1 aliphatic rings. The molecule has 3 rings (SSSR count). The first kappa shape index (κ1) is 13.4. The molecule has 2 aromatic rings. The SMILES string of the molecule is O=C(Nc1cc2c(cc1Cl)OCCO2)c1ccc(=O)[nH]n1. The van der Waals surface area contributed by atoms with E-state index in [1.165, 1.54) is 12.1 Å². The standard InChI is InChI=1S/C13H10ClN3O4/c14-7-5-10-11(21-4-3-20-10)6-9(7)15-13(19)8-1-2-12(18)17-16-8/h1-2,5-6H,3-4H2,(H,15,19)(H,17,18). The predicted molar refractivity (Wildman–Crippen MR) is 75.3 cm³/mol. The van der Waals surface area contributed by atoms with E-state index in [0.717, 1.165) is 0 Å². The number of fused-ring (bicyclic) bond motifs is 1. The highest BCUT2D eigenvalue weighted by Crippen LogP contribution is 2.37. The van der Waals surface area contributed by atoms with E-state index < -0.39 is 5.91 Å². The van der Waals surface area contributed by atoms with Crippen molar-refractivity contribution in [3.8, 4) is 11.5 Å². The molecule has 1 amide bonds. The second-order valence-electron chi connectivity index (χ2n) is 4.24. The molecule has 0 fully saturated rings. The Balaban J connectivity index is 1.85. The quantitative estimate of drug-likeness (QED) is 0.876. The summed E-state index contributed by atoms with van der Waals surface area (Å²) in [4.78, 5) is 22.9. The van der Waals surface area contributed by atoms with Gasteiger partial charge in [0.2, 0.25) is 0 Å². The van der Waals surface area contributed by atoms with Crippen LogP contribution in [-0.2, 0) is 0 Å². The molecule has 0 spiro atoms. The molecule has 0 aliphatic carbocycles. The number of anilines is 1. The smallest absolute Gasteiger partial charge is 0.276 e. The normalized spacial score (nSPS) is 12.8. The second kappa shape index (κ2) is 5.45. The molecule has 7 nitrogen and oxygen atoms in total. The minimum atomic E-state index is -0.496. The summed E-state index contributed by atoms with van der Waals surface area (Å²) in [7, 11) is 0. The maximum Gasteiger partial charge on any atom is 0.276 e. The average molecular weight is 308 g/mol. The first-order valence-corrected chi connectivity index (χ1v) is 6.47. The highest BCUT2D eigenvalue weighted by atomic mass is 35.5. The van der Waals surface area contributed by atoms with Crippen LogP contribution in [0.25, 0.3) is 0 Å². The number of nitrogens with one attached hydrogen (secondary N) is 2. The van der Waals surface area contributed by atoms with Gasteiger partial charge in [-0.05, 0) is 6.07 Å². The molecule has 2 heterocycles. The Morgan fingerprint density at radius 3 is 2.62 bits per heavy atom. The number of benzene rings is 1. The molecule has 1 aromatic carbocycles. The Bertz CT molecular complexity index is 739. The van der Waals surface area contributed by atoms with Gasteiger partial charge >= 0.3 is 0 Å². The number of carbonyl (C=O) groups excluding carboxylic acids is 1. The molecule has 108 valence electrons. The van der Waals surface area contributed by atoms with E-state index in [4.69, 9.17) is 21.1 Å². The summed E-state index contributed by atoms with van der Waals surface area (Å²) < 4.78 is 10.8. The van der Waals surface area contributed by atoms with Gasteiger partial charge in [0, 0.05) is 18.2 Å². The number of H-pyrrole nitrogens is 1. The van der Waals surface area contributed by atoms with E-state index in [2.05, 4.69) is 15.5 Å². The molecule has 1 aromatic heterocycles. The van der Waals surface area contributed by atoms with Crippen LogP contribution in [0.5, 0.6) is 11.5 Å². The van der Waals surface area contributed by atoms with Crippen LogP contribution in [0.1, 0.15) is 10.5 Å². The van der Waals surface area contributed by atoms with E-state index in [0.29, 0.717) is 35.4 Å². The summed E-state index contributed by atoms with van der Waals surface area (Å²) in [5, 5.41) is 8.75. The number of aromatic amines is 1. The van der Waals surface area contributed by atoms with Crippen LogP contribution in [0.15, 0.2) is 29.1 Å². The molecule has 0 radical (unpaired) electrons. The fourth-order valence-electron chi connectivity index (χ4n) is 1.82. The number of carbonyl (C=O) groups is 1. The zero-order valence-corrected chi connectivity index (χ0v) is 11.4. The maximum absolute atomic E-state index is 12.0. The van der Waals surface area contributed by atoms with Gasteiger partial charge in [-0.3, -0.25) is 9.59 Å². The van der Waals surface area contributed by atoms with Crippen molar-refractivity contribution in [3.05, 3.63) is 45.3 Å². The van der Waals surface area contributed by atoms with E-state index in [1.807, 2.05) is 0 Å². The summed E-state index contributed by atoms with van der Waals surface area (Å²) in [6.07, 6.45) is 0. The number of ether oxygens (including phenoxy) is 2. The lowest BCUT2D eigenvalue weighted by Gasteiger charge is -2.19. The van der Waals surface area contributed by atoms with E-state index >= 15 is 0 Å². The number of rotatable bonds is 2. The third-order valence-electron chi connectivity index (χ3n) is 2.79. The minimum Gasteiger partial charge on any atom is -0.486 e. The zero-order valence-electron chi connectivity index (χ0n) is 10.7. The van der Waals surface area contributed by atoms with Crippen LogP contribution < -0.4 is 20.3 Å². The first-order valence-electron chi connectivity index (χ1n) is 6.10. The number of halogens is 1. The number of amides is 1. The second-order valence-corrected chi connectivity index (χ2v) is 4.64. The Hall–Kier alpha value is -2.54. The number of hydrogen-bond acceptors (Lipinski definition) is 5. The van der Waals surface area contributed by atoms with E-state index in [9.17, 15) is 9.59 Å². The van der Waals surface area contributed by atoms with E-state index in [-0.39, 0.29) is 11.3 Å². The lowest BCUT2D eigenvalue weighted by Crippen LogP contribution is -2.19. The van der Waals surface area contributed by atoms with Crippen molar-refractivity contribution < 1.29 is 14.3 Å². The predicted octanol–water partition coefficient (Wildman–Crippen LogP) is 1.45. The van der Waals surface area contributed by atoms with Crippen LogP contribution in [0, 0.1) is 0 Å². The molecule has 1 aliphatic heterocycles. The van der Waals surface area contributed by atoms with Gasteiger partial charge in [-0.15, -0.1) is 0 Å². The van der Waals surface area contributed by atoms with Crippen LogP contribution in [0.4, 0.5) is 5.69 Å². The lowest BCUT2D eigenvalue weighted by atomic mass is 10.2.